The van der Waals surface area contributed by atoms with E-state index in [1.54, 1.807) is 0 Å². The topological polar surface area (TPSA) is 465 Å². The fraction of sp³-hybridized carbons (Fsp3) is 0.623. The molecule has 42 heteroatoms. The molecule has 8 heterocycles. The van der Waals surface area contributed by atoms with Crippen LogP contribution in [0.3, 0.4) is 0 Å². The molecule has 42 nitrogen and oxygen atoms in total. The van der Waals surface area contributed by atoms with E-state index in [4.69, 9.17) is 86.8 Å². The zero-order chi connectivity index (χ0) is 80.3. The van der Waals surface area contributed by atoms with E-state index in [-0.39, 0.29) is 161 Å². The number of ether oxygens (including phenoxy) is 8. The van der Waals surface area contributed by atoms with E-state index < -0.39 is 178 Å². The van der Waals surface area contributed by atoms with E-state index in [0.29, 0.717) is 14.7 Å². The van der Waals surface area contributed by atoms with Crippen molar-refractivity contribution >= 4 is 94.5 Å². The van der Waals surface area contributed by atoms with Crippen LogP contribution in [0.15, 0.2) is 60.8 Å². The second kappa shape index (κ2) is 42.7. The molecule has 0 radical (unpaired) electrons. The van der Waals surface area contributed by atoms with Crippen LogP contribution in [0.5, 0.6) is 0 Å². The molecule has 0 aromatic carbocycles. The van der Waals surface area contributed by atoms with Gasteiger partial charge in [-0.15, -0.1) is 0 Å². The van der Waals surface area contributed by atoms with Gasteiger partial charge in [0.1, 0.15) is 0 Å². The molecule has 8 aliphatic heterocycles. The second-order valence-electron chi connectivity index (χ2n) is 26.5. The van der Waals surface area contributed by atoms with Crippen LogP contribution in [0, 0.1) is 16.2 Å². The molecule has 6 atom stereocenters. The molecule has 0 spiro atoms. The summed E-state index contributed by atoms with van der Waals surface area (Å²) in [4.78, 5) is 267. The molecule has 0 aliphatic carbocycles. The second-order valence-corrected chi connectivity index (χ2v) is 26.5. The van der Waals surface area contributed by atoms with Crippen LogP contribution in [-0.4, -0.2) is 323 Å². The van der Waals surface area contributed by atoms with Gasteiger partial charge in [-0.3, -0.25) is 96.3 Å². The molecular weight excluding hydrogens is 1480 g/mol. The van der Waals surface area contributed by atoms with Gasteiger partial charge in [-0.25, -0.2) is 68.5 Å². The normalized spacial score (nSPS) is 20.1. The van der Waals surface area contributed by atoms with Crippen LogP contribution in [0.4, 0.5) is 0 Å². The van der Waals surface area contributed by atoms with Gasteiger partial charge in [0.05, 0.1) is 175 Å². The van der Waals surface area contributed by atoms with Crippen molar-refractivity contribution in [1.29, 1.82) is 0 Å². The molecular formula is C69H90N8O34. The Morgan fingerprint density at radius 3 is 0.703 bits per heavy atom. The van der Waals surface area contributed by atoms with Crippen LogP contribution in [0.1, 0.15) is 73.1 Å². The maximum atomic E-state index is 13.0. The van der Waals surface area contributed by atoms with E-state index in [2.05, 4.69) is 0 Å². The van der Waals surface area contributed by atoms with Crippen LogP contribution >= 0.6 is 0 Å². The van der Waals surface area contributed by atoms with Crippen molar-refractivity contribution < 1.29 is 163 Å². The van der Waals surface area contributed by atoms with E-state index in [1.165, 1.54) is 34.6 Å². The minimum absolute atomic E-state index is 0.0122. The van der Waals surface area contributed by atoms with Gasteiger partial charge in [-0.2, -0.15) is 0 Å². The molecule has 0 saturated carbocycles. The Bertz CT molecular complexity index is 3220. The molecule has 8 aliphatic rings. The first-order valence-corrected chi connectivity index (χ1v) is 35.5. The summed E-state index contributed by atoms with van der Waals surface area (Å²) < 4.78 is 49.5. The maximum Gasteiger partial charge on any atom is 0.255 e. The standard InChI is InChI=1S/C69H90N8O34/c1-46(73-57(84)12-13-58(73)85)107-102-41-68(42-103-108-47(2)74-59(86)14-15-60(74)87,39-101-40-69(43-104-109-48(3)75-61(88)16-17-62(75)89,44-105-110-49(4)76-63(90)18-19-64(76)91)45-106-111-50(5)77-65(92)20-21-66(77)93)38-100-37-67(34-97-31-28-94-25-22-70-51(78)6-7-52(70)79,35-98-32-29-95-26-23-71-53(80)8-9-54(71)81)36-99-33-30-96-27-24-72-55(82)10-11-56(72)83/h6-7,12-13,16-21,46-50H,8-11,14-15,22-45H2,1-5H3. The summed E-state index contributed by atoms with van der Waals surface area (Å²) in [5, 5.41) is 0. The minimum Gasteiger partial charge on any atom is -0.380 e. The molecule has 0 aromatic heterocycles. The number of amides is 16. The Hall–Kier alpha value is -8.90. The Morgan fingerprint density at radius 1 is 0.234 bits per heavy atom. The highest BCUT2D eigenvalue weighted by Gasteiger charge is 2.44. The minimum atomic E-state index is -1.92. The first-order chi connectivity index (χ1) is 53.2. The molecule has 610 valence electrons. The third-order valence-electron chi connectivity index (χ3n) is 17.7. The van der Waals surface area contributed by atoms with Gasteiger partial charge in [0.15, 0.2) is 31.1 Å². The zero-order valence-electron chi connectivity index (χ0n) is 61.8. The Balaban J connectivity index is 1.11. The van der Waals surface area contributed by atoms with Crippen molar-refractivity contribution in [2.24, 2.45) is 16.2 Å². The lowest BCUT2D eigenvalue weighted by molar-refractivity contribution is -0.404. The Labute approximate surface area is 634 Å². The average Bonchev–Trinajstić information content (AvgIpc) is 1.80. The van der Waals surface area contributed by atoms with E-state index >= 15 is 0 Å². The fourth-order valence-electron chi connectivity index (χ4n) is 11.7. The summed E-state index contributed by atoms with van der Waals surface area (Å²) in [6.45, 7) is -1.30. The van der Waals surface area contributed by atoms with Crippen molar-refractivity contribution in [2.45, 2.75) is 104 Å². The number of carbonyl (C=O) groups is 16. The van der Waals surface area contributed by atoms with Crippen molar-refractivity contribution in [3.05, 3.63) is 60.8 Å². The quantitative estimate of drug-likeness (QED) is 0.0266. The van der Waals surface area contributed by atoms with Crippen LogP contribution in [0.25, 0.3) is 0 Å². The number of rotatable bonds is 57. The third-order valence-corrected chi connectivity index (χ3v) is 17.7. The van der Waals surface area contributed by atoms with Gasteiger partial charge < -0.3 is 37.9 Å². The van der Waals surface area contributed by atoms with Crippen molar-refractivity contribution in [3.63, 3.8) is 0 Å². The predicted molar refractivity (Wildman–Crippen MR) is 359 cm³/mol. The number of hydrogen-bond acceptors (Lipinski definition) is 34. The highest BCUT2D eigenvalue weighted by Crippen LogP contribution is 2.31. The molecule has 0 bridgehead atoms. The van der Waals surface area contributed by atoms with E-state index in [0.717, 1.165) is 85.3 Å². The predicted octanol–water partition coefficient (Wildman–Crippen LogP) is -2.38. The van der Waals surface area contributed by atoms with Crippen molar-refractivity contribution in [3.8, 4) is 0 Å². The summed E-state index contributed by atoms with van der Waals surface area (Å²) in [6, 6.07) is 0. The van der Waals surface area contributed by atoms with Gasteiger partial charge >= 0.3 is 0 Å². The van der Waals surface area contributed by atoms with Crippen molar-refractivity contribution in [1.82, 2.24) is 39.2 Å². The van der Waals surface area contributed by atoms with Gasteiger partial charge in [0.2, 0.25) is 35.4 Å². The SMILES string of the molecule is CC(OOCC(COCC(COCC(COCCOCCN1C(=O)C=CC1=O)(COCCOCCN1C(=O)CCC1=O)COCCOCCN1C(=O)CCC1=O)(COOC(C)N1C(=O)C=CC1=O)COOC(C)N1C(=O)CCC1=O)(COOC(C)N1C(=O)C=CC1=O)COOC(C)N1C(=O)C=CC1=O)N1C(=O)C=CC1=O. The maximum absolute atomic E-state index is 13.0. The summed E-state index contributed by atoms with van der Waals surface area (Å²) in [7, 11) is 0. The summed E-state index contributed by atoms with van der Waals surface area (Å²) in [5.74, 6) is -9.72. The van der Waals surface area contributed by atoms with Crippen molar-refractivity contribution in [2.75, 3.05) is 158 Å². The lowest BCUT2D eigenvalue weighted by Crippen LogP contribution is -2.49. The van der Waals surface area contributed by atoms with E-state index in [9.17, 15) is 76.7 Å². The zero-order valence-corrected chi connectivity index (χ0v) is 61.8. The molecule has 111 heavy (non-hydrogen) atoms. The monoisotopic (exact) mass is 1570 g/mol. The summed E-state index contributed by atoms with van der Waals surface area (Å²) >= 11 is 0. The molecule has 8 rings (SSSR count). The highest BCUT2D eigenvalue weighted by molar-refractivity contribution is 6.15. The lowest BCUT2D eigenvalue weighted by atomic mass is 9.89. The molecule has 6 unspecified atom stereocenters. The van der Waals surface area contributed by atoms with E-state index in [1.807, 2.05) is 0 Å². The van der Waals surface area contributed by atoms with Gasteiger partial charge in [0.25, 0.3) is 59.1 Å². The Morgan fingerprint density at radius 2 is 0.432 bits per heavy atom. The van der Waals surface area contributed by atoms with Gasteiger partial charge in [0, 0.05) is 99.3 Å². The molecule has 3 fully saturated rings. The number of imide groups is 8. The number of carbonyl (C=O) groups excluding carboxylic acids is 16. The van der Waals surface area contributed by atoms with Crippen LogP contribution in [-0.2, 0) is 163 Å². The fourth-order valence-corrected chi connectivity index (χ4v) is 11.7. The van der Waals surface area contributed by atoms with Crippen LogP contribution < -0.4 is 0 Å². The average molecular weight is 1580 g/mol. The summed E-state index contributed by atoms with van der Waals surface area (Å²) in [6.07, 6.45) is 3.12. The Kier molecular flexibility index (Phi) is 33.7. The van der Waals surface area contributed by atoms with Crippen LogP contribution in [0.2, 0.25) is 0 Å². The summed E-state index contributed by atoms with van der Waals surface area (Å²) in [5.41, 5.74) is -5.21. The molecule has 0 aromatic rings. The number of likely N-dealkylation sites (tertiary alicyclic amines) is 3. The molecule has 0 N–H and O–H groups in total. The first kappa shape index (κ1) is 87.7. The number of hydrogen-bond donors (Lipinski definition) is 0. The largest absolute Gasteiger partial charge is 0.380 e. The molecule has 3 saturated heterocycles. The highest BCUT2D eigenvalue weighted by atomic mass is 17.2. The lowest BCUT2D eigenvalue weighted by Gasteiger charge is -2.38. The van der Waals surface area contributed by atoms with Gasteiger partial charge in [-0.05, 0) is 34.6 Å². The third kappa shape index (κ3) is 25.0. The van der Waals surface area contributed by atoms with Gasteiger partial charge in [-0.1, -0.05) is 0 Å². The smallest absolute Gasteiger partial charge is 0.255 e. The first-order valence-electron chi connectivity index (χ1n) is 35.5. The molecule has 16 amide bonds. The number of nitrogens with zero attached hydrogens (tertiary/aromatic N) is 8.